The number of rotatable bonds is 4. The molecule has 0 bridgehead atoms. The van der Waals surface area contributed by atoms with Crippen LogP contribution in [0.15, 0.2) is 46.2 Å². The molecule has 112 valence electrons. The monoisotopic (exact) mass is 311 g/mol. The summed E-state index contributed by atoms with van der Waals surface area (Å²) in [6.45, 7) is 4.17. The molecule has 1 amide bonds. The molecule has 0 fully saturated rings. The number of hydrogen-bond donors (Lipinski definition) is 2. The maximum atomic E-state index is 12.4. The van der Waals surface area contributed by atoms with Crippen LogP contribution >= 0.6 is 11.3 Å². The van der Waals surface area contributed by atoms with E-state index >= 15 is 0 Å². The maximum Gasteiger partial charge on any atom is 0.288 e. The number of hydrazone groups is 1. The Balaban J connectivity index is 1.88. The number of carbonyl (C=O) groups is 1. The van der Waals surface area contributed by atoms with E-state index in [1.165, 1.54) is 0 Å². The molecule has 22 heavy (non-hydrogen) atoms. The largest absolute Gasteiger partial charge is 0.350 e. The number of nitrogens with one attached hydrogen (secondary N) is 2. The van der Waals surface area contributed by atoms with Crippen LogP contribution in [0, 0.1) is 0 Å². The van der Waals surface area contributed by atoms with Gasteiger partial charge in [-0.25, -0.2) is 5.43 Å². The number of aromatic nitrogens is 1. The third kappa shape index (κ3) is 2.80. The number of hydrogen-bond acceptors (Lipinski definition) is 3. The summed E-state index contributed by atoms with van der Waals surface area (Å²) in [5.74, 6) is 0.0316. The van der Waals surface area contributed by atoms with Crippen molar-refractivity contribution in [2.75, 3.05) is 0 Å². The van der Waals surface area contributed by atoms with E-state index in [9.17, 15) is 4.79 Å². The highest BCUT2D eigenvalue weighted by Gasteiger charge is 2.19. The molecule has 1 aromatic carbocycles. The van der Waals surface area contributed by atoms with Crippen LogP contribution in [0.1, 0.15) is 41.4 Å². The number of amides is 1. The molecular formula is C17H17N3OS. The molecule has 0 aliphatic rings. The number of thiophene rings is 1. The fraction of sp³-hybridized carbons (Fsp3) is 0.176. The fourth-order valence-electron chi connectivity index (χ4n) is 2.51. The van der Waals surface area contributed by atoms with Gasteiger partial charge in [-0.05, 0) is 34.4 Å². The minimum absolute atomic E-state index is 0.216. The van der Waals surface area contributed by atoms with Crippen molar-refractivity contribution >= 4 is 34.4 Å². The fourth-order valence-corrected chi connectivity index (χ4v) is 3.12. The molecule has 3 aromatic rings. The van der Waals surface area contributed by atoms with Crippen LogP contribution in [0.2, 0.25) is 0 Å². The van der Waals surface area contributed by atoms with Crippen molar-refractivity contribution in [1.82, 2.24) is 10.4 Å². The number of fused-ring (bicyclic) bond motifs is 1. The summed E-state index contributed by atoms with van der Waals surface area (Å²) in [5.41, 5.74) is 6.15. The molecule has 0 unspecified atom stereocenters. The SMILES string of the molecule is CC(C)c1c(C(=O)NN=Cc2ccsc2)[nH]c2ccccc12. The van der Waals surface area contributed by atoms with E-state index in [0.29, 0.717) is 5.69 Å². The van der Waals surface area contributed by atoms with E-state index < -0.39 is 0 Å². The first-order chi connectivity index (χ1) is 10.7. The van der Waals surface area contributed by atoms with Gasteiger partial charge in [0.05, 0.1) is 6.21 Å². The van der Waals surface area contributed by atoms with Crippen LogP contribution in [0.3, 0.4) is 0 Å². The Morgan fingerprint density at radius 2 is 2.14 bits per heavy atom. The van der Waals surface area contributed by atoms with Crippen LogP contribution in [0.4, 0.5) is 0 Å². The quantitative estimate of drug-likeness (QED) is 0.553. The average Bonchev–Trinajstić information content (AvgIpc) is 3.13. The molecule has 0 atom stereocenters. The Labute approximate surface area is 132 Å². The molecule has 2 aromatic heterocycles. The van der Waals surface area contributed by atoms with Crippen molar-refractivity contribution in [3.63, 3.8) is 0 Å². The van der Waals surface area contributed by atoms with Crippen LogP contribution < -0.4 is 5.43 Å². The zero-order chi connectivity index (χ0) is 15.5. The van der Waals surface area contributed by atoms with Gasteiger partial charge in [0.15, 0.2) is 0 Å². The Morgan fingerprint density at radius 1 is 1.32 bits per heavy atom. The molecule has 0 saturated carbocycles. The first kappa shape index (κ1) is 14.5. The number of H-pyrrole nitrogens is 1. The van der Waals surface area contributed by atoms with Crippen molar-refractivity contribution in [2.45, 2.75) is 19.8 Å². The zero-order valence-electron chi connectivity index (χ0n) is 12.5. The summed E-state index contributed by atoms with van der Waals surface area (Å²) in [6, 6.07) is 9.90. The Morgan fingerprint density at radius 3 is 2.86 bits per heavy atom. The van der Waals surface area contributed by atoms with E-state index in [-0.39, 0.29) is 11.8 Å². The lowest BCUT2D eigenvalue weighted by molar-refractivity contribution is 0.0949. The summed E-state index contributed by atoms with van der Waals surface area (Å²) >= 11 is 1.59. The molecule has 0 radical (unpaired) electrons. The second-order valence-corrected chi connectivity index (χ2v) is 6.15. The van der Waals surface area contributed by atoms with Gasteiger partial charge >= 0.3 is 0 Å². The second kappa shape index (κ2) is 6.15. The van der Waals surface area contributed by atoms with E-state index in [0.717, 1.165) is 22.0 Å². The third-order valence-corrected chi connectivity index (χ3v) is 4.18. The van der Waals surface area contributed by atoms with Crippen molar-refractivity contribution in [3.05, 3.63) is 57.9 Å². The zero-order valence-corrected chi connectivity index (χ0v) is 13.3. The van der Waals surface area contributed by atoms with Gasteiger partial charge in [-0.15, -0.1) is 0 Å². The van der Waals surface area contributed by atoms with Crippen molar-refractivity contribution in [3.8, 4) is 0 Å². The molecule has 5 heteroatoms. The lowest BCUT2D eigenvalue weighted by Gasteiger charge is -2.06. The molecule has 0 saturated heterocycles. The lowest BCUT2D eigenvalue weighted by atomic mass is 9.99. The highest BCUT2D eigenvalue weighted by atomic mass is 32.1. The van der Waals surface area contributed by atoms with Crippen LogP contribution in [0.5, 0.6) is 0 Å². The van der Waals surface area contributed by atoms with E-state index in [4.69, 9.17) is 0 Å². The predicted molar refractivity (Wildman–Crippen MR) is 91.8 cm³/mol. The smallest absolute Gasteiger partial charge is 0.288 e. The highest BCUT2D eigenvalue weighted by Crippen LogP contribution is 2.28. The number of benzene rings is 1. The number of nitrogens with zero attached hydrogens (tertiary/aromatic N) is 1. The Hall–Kier alpha value is -2.40. The number of para-hydroxylation sites is 1. The van der Waals surface area contributed by atoms with Crippen LogP contribution in [-0.4, -0.2) is 17.1 Å². The van der Waals surface area contributed by atoms with E-state index in [2.05, 4.69) is 29.4 Å². The minimum Gasteiger partial charge on any atom is -0.350 e. The standard InChI is InChI=1S/C17H17N3OS/c1-11(2)15-13-5-3-4-6-14(13)19-16(15)17(21)20-18-9-12-7-8-22-10-12/h3-11,19H,1-2H3,(H,20,21). The van der Waals surface area contributed by atoms with E-state index in [1.54, 1.807) is 17.6 Å². The first-order valence-electron chi connectivity index (χ1n) is 7.13. The van der Waals surface area contributed by atoms with Gasteiger partial charge in [-0.2, -0.15) is 16.4 Å². The summed E-state index contributed by atoms with van der Waals surface area (Å²) in [4.78, 5) is 15.6. The molecule has 0 aliphatic carbocycles. The van der Waals surface area contributed by atoms with E-state index in [1.807, 2.05) is 41.1 Å². The molecule has 2 heterocycles. The Kier molecular flexibility index (Phi) is 4.06. The summed E-state index contributed by atoms with van der Waals surface area (Å²) in [6.07, 6.45) is 1.64. The third-order valence-electron chi connectivity index (χ3n) is 3.47. The van der Waals surface area contributed by atoms with Gasteiger partial charge in [0.25, 0.3) is 5.91 Å². The summed E-state index contributed by atoms with van der Waals surface area (Å²) in [5, 5.41) is 9.05. The predicted octanol–water partition coefficient (Wildman–Crippen LogP) is 4.12. The lowest BCUT2D eigenvalue weighted by Crippen LogP contribution is -2.19. The number of aromatic amines is 1. The van der Waals surface area contributed by atoms with Gasteiger partial charge in [0, 0.05) is 16.5 Å². The van der Waals surface area contributed by atoms with Gasteiger partial charge in [-0.1, -0.05) is 32.0 Å². The molecule has 0 spiro atoms. The topological polar surface area (TPSA) is 57.2 Å². The Bertz CT molecular complexity index is 816. The molecule has 0 aliphatic heterocycles. The van der Waals surface area contributed by atoms with Gasteiger partial charge in [0.1, 0.15) is 5.69 Å². The van der Waals surface area contributed by atoms with Crippen molar-refractivity contribution in [2.24, 2.45) is 5.10 Å². The summed E-state index contributed by atoms with van der Waals surface area (Å²) in [7, 11) is 0. The normalized spacial score (nSPS) is 11.6. The molecular weight excluding hydrogens is 294 g/mol. The number of carbonyl (C=O) groups excluding carboxylic acids is 1. The average molecular weight is 311 g/mol. The van der Waals surface area contributed by atoms with Crippen molar-refractivity contribution in [1.29, 1.82) is 0 Å². The second-order valence-electron chi connectivity index (χ2n) is 5.37. The molecule has 2 N–H and O–H groups in total. The van der Waals surface area contributed by atoms with Gasteiger partial charge < -0.3 is 4.98 Å². The first-order valence-corrected chi connectivity index (χ1v) is 8.07. The summed E-state index contributed by atoms with van der Waals surface area (Å²) < 4.78 is 0. The highest BCUT2D eigenvalue weighted by molar-refractivity contribution is 7.08. The maximum absolute atomic E-state index is 12.4. The minimum atomic E-state index is -0.216. The van der Waals surface area contributed by atoms with Crippen LogP contribution in [-0.2, 0) is 0 Å². The van der Waals surface area contributed by atoms with Gasteiger partial charge in [0.2, 0.25) is 0 Å². The van der Waals surface area contributed by atoms with Crippen LogP contribution in [0.25, 0.3) is 10.9 Å². The van der Waals surface area contributed by atoms with Crippen molar-refractivity contribution < 1.29 is 4.79 Å². The molecule has 3 rings (SSSR count). The van der Waals surface area contributed by atoms with Gasteiger partial charge in [-0.3, -0.25) is 4.79 Å². The molecule has 4 nitrogen and oxygen atoms in total.